The van der Waals surface area contributed by atoms with Gasteiger partial charge in [-0.2, -0.15) is 48.3 Å². The Morgan fingerprint density at radius 1 is 0.727 bits per heavy atom. The molecule has 0 aliphatic rings. The molecule has 6 nitrogen and oxygen atoms in total. The monoisotopic (exact) mass is 654 g/mol. The molecule has 0 heterocycles. The summed E-state index contributed by atoms with van der Waals surface area (Å²) in [5.74, 6) is -19.5. The van der Waals surface area contributed by atoms with Crippen molar-refractivity contribution in [1.29, 1.82) is 0 Å². The van der Waals surface area contributed by atoms with Crippen LogP contribution in [0.2, 0.25) is 0 Å². The summed E-state index contributed by atoms with van der Waals surface area (Å²) in [6, 6.07) is 7.05. The Kier molecular flexibility index (Phi) is 11.6. The lowest BCUT2D eigenvalue weighted by Crippen LogP contribution is -2.62. The van der Waals surface area contributed by atoms with Crippen LogP contribution in [0.25, 0.3) is 11.1 Å². The number of carboxylic acids is 1. The molecule has 0 aliphatic carbocycles. The minimum atomic E-state index is -7.35. The lowest BCUT2D eigenvalue weighted by atomic mass is 9.99. The van der Waals surface area contributed by atoms with E-state index < -0.39 is 47.9 Å². The molecule has 2 aromatic carbocycles. The fourth-order valence-corrected chi connectivity index (χ4v) is 3.61. The van der Waals surface area contributed by atoms with E-state index in [4.69, 9.17) is 4.74 Å². The predicted octanol–water partition coefficient (Wildman–Crippen LogP) is 8.73. The number of unbranched alkanes of at least 4 members (excludes halogenated alkanes) is 5. The largest absolute Gasteiger partial charge is 0.494 e. The Labute approximate surface area is 242 Å². The van der Waals surface area contributed by atoms with Crippen molar-refractivity contribution in [3.63, 3.8) is 0 Å². The van der Waals surface area contributed by atoms with Gasteiger partial charge in [-0.25, -0.2) is 9.59 Å². The summed E-state index contributed by atoms with van der Waals surface area (Å²) in [5.41, 5.74) is -0.242. The summed E-state index contributed by atoms with van der Waals surface area (Å²) in [6.07, 6.45) is -15.5. The molecule has 17 heteroatoms. The summed E-state index contributed by atoms with van der Waals surface area (Å²) in [4.78, 5) is 23.6. The fourth-order valence-electron chi connectivity index (χ4n) is 3.61. The average molecular weight is 654 g/mol. The van der Waals surface area contributed by atoms with Gasteiger partial charge in [-0.1, -0.05) is 51.2 Å². The van der Waals surface area contributed by atoms with E-state index in [-0.39, 0.29) is 22.4 Å². The van der Waals surface area contributed by atoms with Gasteiger partial charge in [0.2, 0.25) is 0 Å². The number of hydrogen-bond donors (Lipinski definition) is 1. The normalized spacial score (nSPS) is 14.2. The molecule has 44 heavy (non-hydrogen) atoms. The van der Waals surface area contributed by atoms with Gasteiger partial charge in [0.05, 0.1) is 12.2 Å². The zero-order valence-corrected chi connectivity index (χ0v) is 22.6. The molecule has 0 saturated heterocycles. The van der Waals surface area contributed by atoms with E-state index in [1.54, 1.807) is 0 Å². The molecular formula is C27H25F11O6. The minimum Gasteiger partial charge on any atom is -0.494 e. The number of ether oxygens (including phenoxy) is 3. The molecule has 0 amide bonds. The smallest absolute Gasteiger partial charge is 0.462 e. The lowest BCUT2D eigenvalue weighted by Gasteiger charge is -2.33. The molecular weight excluding hydrogens is 629 g/mol. The van der Waals surface area contributed by atoms with Crippen molar-refractivity contribution in [2.24, 2.45) is 0 Å². The van der Waals surface area contributed by atoms with Crippen molar-refractivity contribution in [3.05, 3.63) is 48.0 Å². The molecule has 1 atom stereocenters. The molecule has 1 unspecified atom stereocenters. The second-order valence-electron chi connectivity index (χ2n) is 9.33. The minimum absolute atomic E-state index is 0.00306. The molecule has 0 aromatic heterocycles. The van der Waals surface area contributed by atoms with Crippen LogP contribution in [0.1, 0.15) is 55.8 Å². The zero-order valence-electron chi connectivity index (χ0n) is 22.6. The maximum absolute atomic E-state index is 14.4. The van der Waals surface area contributed by atoms with Gasteiger partial charge in [0, 0.05) is 0 Å². The molecule has 0 fully saturated rings. The van der Waals surface area contributed by atoms with Crippen LogP contribution in [0, 0.1) is 0 Å². The number of hydrogen-bond acceptors (Lipinski definition) is 5. The van der Waals surface area contributed by atoms with Crippen LogP contribution in [0.4, 0.5) is 48.3 Å². The molecule has 0 radical (unpaired) electrons. The standard InChI is InChI=1S/C27H25F11O6/c1-2-3-4-5-6-7-14-42-18-12-13-19(21(39)40)20(15-18)16-8-10-17(11-9-16)43-22(41)23(28,25(31,32)33)44-27(37,38)24(29,30)26(34,35)36/h8-13,15H,2-7,14H2,1H3,(H,39,40). The highest BCUT2D eigenvalue weighted by Gasteiger charge is 2.80. The van der Waals surface area contributed by atoms with Crippen LogP contribution in [0.3, 0.4) is 0 Å². The molecule has 0 bridgehead atoms. The number of alkyl halides is 11. The summed E-state index contributed by atoms with van der Waals surface area (Å²) >= 11 is 0. The van der Waals surface area contributed by atoms with Crippen LogP contribution >= 0.6 is 0 Å². The van der Waals surface area contributed by atoms with Gasteiger partial charge in [0.25, 0.3) is 0 Å². The van der Waals surface area contributed by atoms with Crippen LogP contribution in [-0.4, -0.2) is 53.9 Å². The third kappa shape index (κ3) is 8.51. The summed E-state index contributed by atoms with van der Waals surface area (Å²) in [7, 11) is 0. The molecule has 2 aromatic rings. The van der Waals surface area contributed by atoms with Gasteiger partial charge >= 0.3 is 42.2 Å². The Bertz CT molecular complexity index is 1280. The first-order valence-electron chi connectivity index (χ1n) is 12.8. The second kappa shape index (κ2) is 14.0. The second-order valence-corrected chi connectivity index (χ2v) is 9.33. The van der Waals surface area contributed by atoms with Crippen molar-refractivity contribution in [2.45, 2.75) is 75.7 Å². The highest BCUT2D eigenvalue weighted by molar-refractivity contribution is 5.96. The topological polar surface area (TPSA) is 82.1 Å². The highest BCUT2D eigenvalue weighted by Crippen LogP contribution is 2.51. The zero-order chi connectivity index (χ0) is 33.6. The van der Waals surface area contributed by atoms with Gasteiger partial charge in [-0.05, 0) is 47.9 Å². The average Bonchev–Trinajstić information content (AvgIpc) is 2.91. The molecule has 0 saturated carbocycles. The predicted molar refractivity (Wildman–Crippen MR) is 130 cm³/mol. The summed E-state index contributed by atoms with van der Waals surface area (Å²) in [5, 5.41) is 9.52. The van der Waals surface area contributed by atoms with Crippen LogP contribution < -0.4 is 9.47 Å². The third-order valence-corrected chi connectivity index (χ3v) is 5.98. The third-order valence-electron chi connectivity index (χ3n) is 5.98. The number of benzene rings is 2. The molecule has 0 aliphatic heterocycles. The number of halogens is 11. The maximum atomic E-state index is 14.4. The number of carbonyl (C=O) groups excluding carboxylic acids is 1. The van der Waals surface area contributed by atoms with E-state index >= 15 is 0 Å². The molecule has 1 N–H and O–H groups in total. The van der Waals surface area contributed by atoms with E-state index in [1.807, 2.05) is 0 Å². The first-order chi connectivity index (χ1) is 20.2. The van der Waals surface area contributed by atoms with Crippen molar-refractivity contribution < 1.29 is 77.2 Å². The van der Waals surface area contributed by atoms with Crippen LogP contribution in [0.15, 0.2) is 42.5 Å². The Morgan fingerprint density at radius 2 is 1.27 bits per heavy atom. The van der Waals surface area contributed by atoms with E-state index in [0.29, 0.717) is 25.2 Å². The summed E-state index contributed by atoms with van der Waals surface area (Å²) in [6.45, 7) is 2.37. The van der Waals surface area contributed by atoms with Gasteiger partial charge in [0.1, 0.15) is 11.5 Å². The Balaban J connectivity index is 2.27. The first-order valence-corrected chi connectivity index (χ1v) is 12.8. The van der Waals surface area contributed by atoms with E-state index in [2.05, 4.69) is 16.4 Å². The fraction of sp³-hybridized carbons (Fsp3) is 0.481. The molecule has 0 spiro atoms. The van der Waals surface area contributed by atoms with E-state index in [9.17, 15) is 63.0 Å². The van der Waals surface area contributed by atoms with Gasteiger partial charge < -0.3 is 14.6 Å². The first kappa shape index (κ1) is 36.6. The highest BCUT2D eigenvalue weighted by atomic mass is 19.4. The van der Waals surface area contributed by atoms with Crippen LogP contribution in [0.5, 0.6) is 11.5 Å². The lowest BCUT2D eigenvalue weighted by molar-refractivity contribution is -0.474. The van der Waals surface area contributed by atoms with Crippen molar-refractivity contribution >= 4 is 11.9 Å². The van der Waals surface area contributed by atoms with Crippen molar-refractivity contribution in [3.8, 4) is 22.6 Å². The van der Waals surface area contributed by atoms with E-state index in [1.165, 1.54) is 18.2 Å². The molecule has 2 rings (SSSR count). The Hall–Kier alpha value is -3.63. The van der Waals surface area contributed by atoms with Gasteiger partial charge in [-0.15, -0.1) is 0 Å². The molecule has 246 valence electrons. The van der Waals surface area contributed by atoms with E-state index in [0.717, 1.165) is 44.2 Å². The maximum Gasteiger partial charge on any atom is 0.462 e. The van der Waals surface area contributed by atoms with Crippen LogP contribution in [-0.2, 0) is 9.53 Å². The number of carbonyl (C=O) groups is 2. The number of rotatable bonds is 15. The van der Waals surface area contributed by atoms with Crippen molar-refractivity contribution in [2.75, 3.05) is 6.61 Å². The number of esters is 1. The number of aromatic carboxylic acids is 1. The van der Waals surface area contributed by atoms with Crippen molar-refractivity contribution in [1.82, 2.24) is 0 Å². The quantitative estimate of drug-likeness (QED) is 0.0896. The number of carboxylic acid groups (broad SMARTS) is 1. The van der Waals surface area contributed by atoms with Gasteiger partial charge in [0.15, 0.2) is 0 Å². The SMILES string of the molecule is CCCCCCCCOc1ccc(C(=O)O)c(-c2ccc(OC(=O)C(F)(OC(F)(F)C(F)(F)C(F)(F)F)C(F)(F)F)cc2)c1. The van der Waals surface area contributed by atoms with Gasteiger partial charge in [-0.3, -0.25) is 4.74 Å². The Morgan fingerprint density at radius 3 is 1.80 bits per heavy atom. The summed E-state index contributed by atoms with van der Waals surface area (Å²) < 4.78 is 156.